The summed E-state index contributed by atoms with van der Waals surface area (Å²) in [5.41, 5.74) is 8.40. The van der Waals surface area contributed by atoms with Gasteiger partial charge < -0.3 is 11.1 Å². The number of anilines is 1. The van der Waals surface area contributed by atoms with Crippen molar-refractivity contribution >= 4 is 26.6 Å². The smallest absolute Gasteiger partial charge is 0.243 e. The van der Waals surface area contributed by atoms with E-state index in [2.05, 4.69) is 28.5 Å². The molecule has 4 rings (SSSR count). The SMILES string of the molecule is Nc1ccc(S(=O)(=O)N2CCC(NCc3cccc4cccnc34)CC2)cc1. The maximum absolute atomic E-state index is 12.8. The molecular weight excluding hydrogens is 372 g/mol. The van der Waals surface area contributed by atoms with Gasteiger partial charge in [-0.25, -0.2) is 8.42 Å². The van der Waals surface area contributed by atoms with E-state index in [-0.39, 0.29) is 6.04 Å². The van der Waals surface area contributed by atoms with Crippen LogP contribution >= 0.6 is 0 Å². The van der Waals surface area contributed by atoms with Gasteiger partial charge in [-0.2, -0.15) is 4.31 Å². The molecule has 7 heteroatoms. The quantitative estimate of drug-likeness (QED) is 0.648. The van der Waals surface area contributed by atoms with Crippen LogP contribution in [-0.4, -0.2) is 36.8 Å². The standard InChI is InChI=1S/C21H24N4O2S/c22-18-6-8-20(9-7-18)28(26,27)25-13-10-19(11-14-25)24-15-17-4-1-3-16-5-2-12-23-21(16)17/h1-9,12,19,24H,10-11,13-15,22H2. The lowest BCUT2D eigenvalue weighted by Crippen LogP contribution is -2.44. The van der Waals surface area contributed by atoms with Crippen molar-refractivity contribution in [2.45, 2.75) is 30.3 Å². The van der Waals surface area contributed by atoms with Gasteiger partial charge in [0.2, 0.25) is 10.0 Å². The average molecular weight is 397 g/mol. The molecular formula is C21H24N4O2S. The Hall–Kier alpha value is -2.48. The molecule has 0 saturated carbocycles. The molecule has 6 nitrogen and oxygen atoms in total. The van der Waals surface area contributed by atoms with Gasteiger partial charge in [-0.3, -0.25) is 4.98 Å². The second-order valence-corrected chi connectivity index (χ2v) is 9.06. The maximum atomic E-state index is 12.8. The molecule has 0 spiro atoms. The van der Waals surface area contributed by atoms with E-state index in [1.165, 1.54) is 0 Å². The fourth-order valence-electron chi connectivity index (χ4n) is 3.65. The third kappa shape index (κ3) is 3.87. The van der Waals surface area contributed by atoms with Gasteiger partial charge in [-0.05, 0) is 48.7 Å². The van der Waals surface area contributed by atoms with Crippen molar-refractivity contribution in [2.24, 2.45) is 0 Å². The van der Waals surface area contributed by atoms with E-state index < -0.39 is 10.0 Å². The highest BCUT2D eigenvalue weighted by molar-refractivity contribution is 7.89. The molecule has 3 N–H and O–H groups in total. The number of sulfonamides is 1. The van der Waals surface area contributed by atoms with Crippen LogP contribution in [0.25, 0.3) is 10.9 Å². The topological polar surface area (TPSA) is 88.3 Å². The minimum absolute atomic E-state index is 0.289. The van der Waals surface area contributed by atoms with Gasteiger partial charge in [0.25, 0.3) is 0 Å². The van der Waals surface area contributed by atoms with Gasteiger partial charge in [-0.1, -0.05) is 24.3 Å². The molecule has 1 saturated heterocycles. The van der Waals surface area contributed by atoms with E-state index in [1.807, 2.05) is 18.3 Å². The Balaban J connectivity index is 1.37. The number of piperidine rings is 1. The van der Waals surface area contributed by atoms with E-state index in [0.29, 0.717) is 23.7 Å². The van der Waals surface area contributed by atoms with E-state index >= 15 is 0 Å². The number of aromatic nitrogens is 1. The van der Waals surface area contributed by atoms with Crippen LogP contribution in [0, 0.1) is 0 Å². The number of rotatable bonds is 5. The van der Waals surface area contributed by atoms with Crippen molar-refractivity contribution in [1.29, 1.82) is 0 Å². The Bertz CT molecular complexity index is 1050. The number of hydrogen-bond donors (Lipinski definition) is 2. The molecule has 2 aromatic carbocycles. The largest absolute Gasteiger partial charge is 0.399 e. The summed E-state index contributed by atoms with van der Waals surface area (Å²) < 4.78 is 27.1. The first kappa shape index (κ1) is 18.9. The highest BCUT2D eigenvalue weighted by atomic mass is 32.2. The lowest BCUT2D eigenvalue weighted by atomic mass is 10.1. The molecule has 0 unspecified atom stereocenters. The van der Waals surface area contributed by atoms with E-state index in [1.54, 1.807) is 28.6 Å². The lowest BCUT2D eigenvalue weighted by molar-refractivity contribution is 0.289. The number of hydrogen-bond acceptors (Lipinski definition) is 5. The van der Waals surface area contributed by atoms with Crippen molar-refractivity contribution in [1.82, 2.24) is 14.6 Å². The first-order valence-corrected chi connectivity index (χ1v) is 10.9. The van der Waals surface area contributed by atoms with Crippen molar-refractivity contribution in [2.75, 3.05) is 18.8 Å². The second-order valence-electron chi connectivity index (χ2n) is 7.12. The molecule has 0 bridgehead atoms. The monoisotopic (exact) mass is 396 g/mol. The molecule has 2 heterocycles. The molecule has 1 aliphatic rings. The number of fused-ring (bicyclic) bond motifs is 1. The van der Waals surface area contributed by atoms with Gasteiger partial charge in [-0.15, -0.1) is 0 Å². The summed E-state index contributed by atoms with van der Waals surface area (Å²) in [7, 11) is -3.46. The van der Waals surface area contributed by atoms with Crippen LogP contribution in [0.5, 0.6) is 0 Å². The summed E-state index contributed by atoms with van der Waals surface area (Å²) in [5.74, 6) is 0. The third-order valence-electron chi connectivity index (χ3n) is 5.27. The average Bonchev–Trinajstić information content (AvgIpc) is 2.73. The molecule has 0 aliphatic carbocycles. The molecule has 1 fully saturated rings. The Morgan fingerprint density at radius 1 is 1.04 bits per heavy atom. The molecule has 0 amide bonds. The van der Waals surface area contributed by atoms with Crippen LogP contribution in [0.3, 0.4) is 0 Å². The lowest BCUT2D eigenvalue weighted by Gasteiger charge is -2.31. The zero-order chi connectivity index (χ0) is 19.6. The zero-order valence-corrected chi connectivity index (χ0v) is 16.4. The van der Waals surface area contributed by atoms with Crippen LogP contribution in [0.2, 0.25) is 0 Å². The van der Waals surface area contributed by atoms with Crippen LogP contribution in [0.1, 0.15) is 18.4 Å². The Morgan fingerprint density at radius 2 is 1.75 bits per heavy atom. The molecule has 28 heavy (non-hydrogen) atoms. The summed E-state index contributed by atoms with van der Waals surface area (Å²) in [6.45, 7) is 1.75. The minimum atomic E-state index is -3.46. The van der Waals surface area contributed by atoms with Crippen molar-refractivity contribution < 1.29 is 8.42 Å². The number of benzene rings is 2. The van der Waals surface area contributed by atoms with Gasteiger partial charge in [0.1, 0.15) is 0 Å². The Labute approximate surface area is 165 Å². The van der Waals surface area contributed by atoms with Crippen molar-refractivity contribution in [3.63, 3.8) is 0 Å². The number of para-hydroxylation sites is 1. The molecule has 146 valence electrons. The zero-order valence-electron chi connectivity index (χ0n) is 15.6. The molecule has 1 aliphatic heterocycles. The third-order valence-corrected chi connectivity index (χ3v) is 7.18. The number of nitrogens with zero attached hydrogens (tertiary/aromatic N) is 2. The number of nitrogens with two attached hydrogens (primary N) is 1. The first-order valence-electron chi connectivity index (χ1n) is 9.46. The fraction of sp³-hybridized carbons (Fsp3) is 0.286. The molecule has 0 atom stereocenters. The van der Waals surface area contributed by atoms with Gasteiger partial charge >= 0.3 is 0 Å². The summed E-state index contributed by atoms with van der Waals surface area (Å²) in [6.07, 6.45) is 3.38. The van der Waals surface area contributed by atoms with E-state index in [9.17, 15) is 8.42 Å². The van der Waals surface area contributed by atoms with Crippen LogP contribution in [0.4, 0.5) is 5.69 Å². The van der Waals surface area contributed by atoms with Gasteiger partial charge in [0, 0.05) is 42.9 Å². The van der Waals surface area contributed by atoms with E-state index in [4.69, 9.17) is 5.73 Å². The highest BCUT2D eigenvalue weighted by Gasteiger charge is 2.29. The normalized spacial score (nSPS) is 16.4. The summed E-state index contributed by atoms with van der Waals surface area (Å²) in [5, 5.41) is 4.70. The predicted molar refractivity (Wildman–Crippen MR) is 111 cm³/mol. The van der Waals surface area contributed by atoms with Crippen LogP contribution in [-0.2, 0) is 16.6 Å². The van der Waals surface area contributed by atoms with Crippen molar-refractivity contribution in [3.8, 4) is 0 Å². The Kier molecular flexibility index (Phi) is 5.30. The predicted octanol–water partition coefficient (Wildman–Crippen LogP) is 2.76. The maximum Gasteiger partial charge on any atom is 0.243 e. The van der Waals surface area contributed by atoms with Crippen molar-refractivity contribution in [3.05, 3.63) is 66.4 Å². The molecule has 1 aromatic heterocycles. The number of nitrogen functional groups attached to an aromatic ring is 1. The van der Waals surface area contributed by atoms with Crippen LogP contribution in [0.15, 0.2) is 65.7 Å². The summed E-state index contributed by atoms with van der Waals surface area (Å²) >= 11 is 0. The molecule has 3 aromatic rings. The number of nitrogens with one attached hydrogen (secondary N) is 1. The number of pyridine rings is 1. The minimum Gasteiger partial charge on any atom is -0.399 e. The summed E-state index contributed by atoms with van der Waals surface area (Å²) in [6, 6.07) is 16.9. The van der Waals surface area contributed by atoms with Gasteiger partial charge in [0.05, 0.1) is 10.4 Å². The van der Waals surface area contributed by atoms with Crippen LogP contribution < -0.4 is 11.1 Å². The second kappa shape index (κ2) is 7.87. The first-order chi connectivity index (χ1) is 13.5. The molecule has 0 radical (unpaired) electrons. The summed E-state index contributed by atoms with van der Waals surface area (Å²) in [4.78, 5) is 4.79. The van der Waals surface area contributed by atoms with Gasteiger partial charge in [0.15, 0.2) is 0 Å². The fourth-order valence-corrected chi connectivity index (χ4v) is 5.12. The van der Waals surface area contributed by atoms with E-state index in [0.717, 1.165) is 35.9 Å². The Morgan fingerprint density at radius 3 is 2.50 bits per heavy atom. The highest BCUT2D eigenvalue weighted by Crippen LogP contribution is 2.22.